The van der Waals surface area contributed by atoms with Gasteiger partial charge in [0.05, 0.1) is 0 Å². The molecule has 290 valence electrons. The number of carbonyl (C=O) groups is 3. The summed E-state index contributed by atoms with van der Waals surface area (Å²) in [6, 6.07) is 28.1. The summed E-state index contributed by atoms with van der Waals surface area (Å²) in [5, 5.41) is 0. The van der Waals surface area contributed by atoms with Crippen molar-refractivity contribution in [3.8, 4) is 34.1 Å². The Morgan fingerprint density at radius 3 is 1.06 bits per heavy atom. The number of alkyl halides is 6. The second-order valence-electron chi connectivity index (χ2n) is 11.2. The van der Waals surface area contributed by atoms with E-state index in [1.807, 2.05) is 24.3 Å². The molecule has 1 aliphatic rings. The number of benzene rings is 4. The SMILES string of the molecule is FCF.FCF.O=C(OCCF)Oc1ccc(-c2ccc(OC(=O)Oc3ccc(C4(c5ccc(OC(=O)OCCF)cc5)CCCCC4)cc3)cc2)cc1. The van der Waals surface area contributed by atoms with E-state index in [0.717, 1.165) is 54.4 Å². The largest absolute Gasteiger partial charge is 0.519 e. The normalized spacial score (nSPS) is 12.7. The molecule has 4 aromatic rings. The van der Waals surface area contributed by atoms with E-state index < -0.39 is 45.7 Å². The van der Waals surface area contributed by atoms with Crippen molar-refractivity contribution < 1.29 is 69.1 Å². The van der Waals surface area contributed by atoms with Crippen molar-refractivity contribution in [1.29, 1.82) is 0 Å². The van der Waals surface area contributed by atoms with Crippen molar-refractivity contribution in [2.45, 2.75) is 37.5 Å². The van der Waals surface area contributed by atoms with Gasteiger partial charge in [-0.25, -0.2) is 40.7 Å². The van der Waals surface area contributed by atoms with Gasteiger partial charge in [-0.05, 0) is 83.6 Å². The average molecular weight is 765 g/mol. The molecule has 0 aliphatic heterocycles. The number of ether oxygens (including phenoxy) is 6. The van der Waals surface area contributed by atoms with Crippen LogP contribution in [-0.4, -0.2) is 58.9 Å². The summed E-state index contributed by atoms with van der Waals surface area (Å²) in [4.78, 5) is 35.8. The molecule has 1 saturated carbocycles. The number of hydrogen-bond donors (Lipinski definition) is 0. The highest BCUT2D eigenvalue weighted by molar-refractivity contribution is 5.70. The Kier molecular flexibility index (Phi) is 18.2. The number of halogens is 6. The zero-order valence-corrected chi connectivity index (χ0v) is 29.0. The summed E-state index contributed by atoms with van der Waals surface area (Å²) in [7, 11) is 0. The summed E-state index contributed by atoms with van der Waals surface area (Å²) < 4.78 is 93.0. The molecule has 5 rings (SSSR count). The van der Waals surface area contributed by atoms with E-state index in [2.05, 4.69) is 9.47 Å². The second kappa shape index (κ2) is 23.0. The maximum atomic E-state index is 12.6. The highest BCUT2D eigenvalue weighted by Crippen LogP contribution is 2.45. The predicted octanol–water partition coefficient (Wildman–Crippen LogP) is 10.9. The van der Waals surface area contributed by atoms with Gasteiger partial charge in [-0.2, -0.15) is 0 Å². The lowest BCUT2D eigenvalue weighted by Crippen LogP contribution is -2.30. The minimum atomic E-state index is -1.75. The van der Waals surface area contributed by atoms with Crippen LogP contribution < -0.4 is 18.9 Å². The number of carbonyl (C=O) groups excluding carboxylic acids is 3. The Morgan fingerprint density at radius 2 is 0.741 bits per heavy atom. The molecule has 15 heteroatoms. The van der Waals surface area contributed by atoms with Crippen LogP contribution >= 0.6 is 0 Å². The average Bonchev–Trinajstić information content (AvgIpc) is 3.18. The quantitative estimate of drug-likeness (QED) is 0.0838. The van der Waals surface area contributed by atoms with E-state index in [0.29, 0.717) is 17.2 Å². The molecular weight excluding hydrogens is 726 g/mol. The van der Waals surface area contributed by atoms with Crippen LogP contribution in [0.1, 0.15) is 43.2 Å². The maximum absolute atomic E-state index is 12.6. The van der Waals surface area contributed by atoms with Gasteiger partial charge in [0.2, 0.25) is 13.9 Å². The maximum Gasteiger partial charge on any atom is 0.519 e. The Balaban J connectivity index is 0.00000122. The van der Waals surface area contributed by atoms with Crippen molar-refractivity contribution in [2.75, 3.05) is 40.4 Å². The van der Waals surface area contributed by atoms with Crippen LogP contribution in [0.3, 0.4) is 0 Å². The molecule has 0 aromatic heterocycles. The molecule has 0 N–H and O–H groups in total. The molecule has 0 heterocycles. The molecular formula is C39H38F6O9. The lowest BCUT2D eigenvalue weighted by Gasteiger charge is -2.38. The molecule has 0 spiro atoms. The van der Waals surface area contributed by atoms with Crippen LogP contribution in [0.5, 0.6) is 23.0 Å². The molecule has 4 aromatic carbocycles. The van der Waals surface area contributed by atoms with Gasteiger partial charge >= 0.3 is 18.5 Å². The van der Waals surface area contributed by atoms with Crippen molar-refractivity contribution in [1.82, 2.24) is 0 Å². The van der Waals surface area contributed by atoms with Crippen molar-refractivity contribution in [3.05, 3.63) is 108 Å². The number of hydrogen-bond acceptors (Lipinski definition) is 9. The van der Waals surface area contributed by atoms with Gasteiger partial charge in [-0.15, -0.1) is 0 Å². The predicted molar refractivity (Wildman–Crippen MR) is 185 cm³/mol. The Labute approximate surface area is 307 Å². The molecule has 0 amide bonds. The summed E-state index contributed by atoms with van der Waals surface area (Å²) in [6.45, 7) is -5.79. The molecule has 0 unspecified atom stereocenters. The first-order chi connectivity index (χ1) is 26.2. The first kappa shape index (κ1) is 42.7. The Bertz CT molecular complexity index is 1700. The zero-order valence-electron chi connectivity index (χ0n) is 29.0. The van der Waals surface area contributed by atoms with Crippen LogP contribution in [0.4, 0.5) is 40.7 Å². The van der Waals surface area contributed by atoms with Crippen LogP contribution in [-0.2, 0) is 14.9 Å². The van der Waals surface area contributed by atoms with E-state index in [-0.39, 0.29) is 24.4 Å². The first-order valence-electron chi connectivity index (χ1n) is 16.6. The monoisotopic (exact) mass is 764 g/mol. The lowest BCUT2D eigenvalue weighted by molar-refractivity contribution is 0.0921. The van der Waals surface area contributed by atoms with Gasteiger partial charge in [0.1, 0.15) is 49.6 Å². The minimum Gasteiger partial charge on any atom is -0.431 e. The van der Waals surface area contributed by atoms with Gasteiger partial charge in [0.15, 0.2) is 0 Å². The third-order valence-corrected chi connectivity index (χ3v) is 7.96. The molecule has 0 radical (unpaired) electrons. The van der Waals surface area contributed by atoms with Crippen LogP contribution in [0.2, 0.25) is 0 Å². The highest BCUT2D eigenvalue weighted by atomic mass is 19.3. The smallest absolute Gasteiger partial charge is 0.431 e. The van der Waals surface area contributed by atoms with Crippen molar-refractivity contribution in [2.24, 2.45) is 0 Å². The summed E-state index contributed by atoms with van der Waals surface area (Å²) in [5.74, 6) is 1.19. The fourth-order valence-corrected chi connectivity index (χ4v) is 5.72. The third kappa shape index (κ3) is 13.4. The van der Waals surface area contributed by atoms with Crippen LogP contribution in [0.15, 0.2) is 97.1 Å². The van der Waals surface area contributed by atoms with Gasteiger partial charge in [0, 0.05) is 5.41 Å². The standard InChI is InChI=1S/C37H34F2O9.2CH2F2/c38-22-24-43-34(40)45-30-12-4-26(5-13-30)27-6-14-31(15-7-27)47-36(42)48-33-18-10-29(11-19-33)37(20-2-1-3-21-37)28-8-16-32(17-9-28)46-35(41)44-25-23-39;2*2-1-3/h4-19H,1-3,20-25H2;2*1H2. The molecule has 54 heavy (non-hydrogen) atoms. The minimum absolute atomic E-state index is 0.254. The van der Waals surface area contributed by atoms with Crippen LogP contribution in [0, 0.1) is 0 Å². The van der Waals surface area contributed by atoms with E-state index >= 15 is 0 Å². The van der Waals surface area contributed by atoms with Crippen LogP contribution in [0.25, 0.3) is 11.1 Å². The van der Waals surface area contributed by atoms with Crippen molar-refractivity contribution in [3.63, 3.8) is 0 Å². The molecule has 1 fully saturated rings. The Hall–Kier alpha value is -5.73. The van der Waals surface area contributed by atoms with Crippen molar-refractivity contribution >= 4 is 18.5 Å². The highest BCUT2D eigenvalue weighted by Gasteiger charge is 2.35. The van der Waals surface area contributed by atoms with Gasteiger partial charge in [-0.3, -0.25) is 0 Å². The molecule has 0 saturated heterocycles. The lowest BCUT2D eigenvalue weighted by atomic mass is 9.65. The second-order valence-corrected chi connectivity index (χ2v) is 11.2. The van der Waals surface area contributed by atoms with E-state index in [1.54, 1.807) is 72.8 Å². The summed E-state index contributed by atoms with van der Waals surface area (Å²) >= 11 is 0. The molecule has 0 bridgehead atoms. The first-order valence-corrected chi connectivity index (χ1v) is 16.6. The van der Waals surface area contributed by atoms with E-state index in [1.165, 1.54) is 0 Å². The summed E-state index contributed by atoms with van der Waals surface area (Å²) in [6.07, 6.45) is 2.28. The van der Waals surface area contributed by atoms with Gasteiger partial charge in [-0.1, -0.05) is 67.8 Å². The Morgan fingerprint density at radius 1 is 0.444 bits per heavy atom. The number of rotatable bonds is 11. The molecule has 0 atom stereocenters. The zero-order chi connectivity index (χ0) is 39.2. The molecule has 1 aliphatic carbocycles. The summed E-state index contributed by atoms with van der Waals surface area (Å²) in [5.41, 5.74) is 3.53. The third-order valence-electron chi connectivity index (χ3n) is 7.96. The molecule has 9 nitrogen and oxygen atoms in total. The van der Waals surface area contributed by atoms with Gasteiger partial charge in [0.25, 0.3) is 0 Å². The topological polar surface area (TPSA) is 107 Å². The fourth-order valence-electron chi connectivity index (χ4n) is 5.72. The van der Waals surface area contributed by atoms with Gasteiger partial charge < -0.3 is 28.4 Å². The van der Waals surface area contributed by atoms with E-state index in [9.17, 15) is 40.7 Å². The van der Waals surface area contributed by atoms with E-state index in [4.69, 9.17) is 18.9 Å². The fraction of sp³-hybridized carbons (Fsp3) is 0.308.